The first-order valence-corrected chi connectivity index (χ1v) is 5.97. The maximum Gasteiger partial charge on any atom is 0.495 e. The van der Waals surface area contributed by atoms with E-state index in [1.165, 1.54) is 0 Å². The van der Waals surface area contributed by atoms with E-state index in [-0.39, 0.29) is 6.10 Å². The van der Waals surface area contributed by atoms with E-state index in [1.807, 2.05) is 19.1 Å². The topological polar surface area (TPSA) is 64.7 Å². The molecule has 0 bridgehead atoms. The third-order valence-electron chi connectivity index (χ3n) is 2.57. The van der Waals surface area contributed by atoms with Crippen LogP contribution < -0.4 is 15.9 Å². The first kappa shape index (κ1) is 11.9. The zero-order valence-corrected chi connectivity index (χ0v) is 10.5. The van der Waals surface area contributed by atoms with Crippen LogP contribution in [-0.4, -0.2) is 25.3 Å². The second-order valence-electron chi connectivity index (χ2n) is 3.52. The summed E-state index contributed by atoms with van der Waals surface area (Å²) in [6.45, 7) is 2.78. The summed E-state index contributed by atoms with van der Waals surface area (Å²) in [4.78, 5) is 0. The SMILES string of the molecule is CCOc1ccc(Br)c2c1B(O)OC2CN. The third-order valence-corrected chi connectivity index (χ3v) is 3.26. The molecule has 16 heavy (non-hydrogen) atoms. The first-order chi connectivity index (χ1) is 7.69. The fraction of sp³-hybridized carbons (Fsp3) is 0.400. The molecule has 0 saturated carbocycles. The highest BCUT2D eigenvalue weighted by molar-refractivity contribution is 9.10. The molecule has 1 unspecified atom stereocenters. The average Bonchev–Trinajstić information content (AvgIpc) is 2.61. The Morgan fingerprint density at radius 2 is 2.38 bits per heavy atom. The van der Waals surface area contributed by atoms with E-state index < -0.39 is 7.12 Å². The molecule has 4 nitrogen and oxygen atoms in total. The quantitative estimate of drug-likeness (QED) is 0.797. The highest BCUT2D eigenvalue weighted by Gasteiger charge is 2.38. The lowest BCUT2D eigenvalue weighted by atomic mass is 9.78. The van der Waals surface area contributed by atoms with Crippen LogP contribution in [0.15, 0.2) is 16.6 Å². The van der Waals surface area contributed by atoms with Gasteiger partial charge in [-0.1, -0.05) is 15.9 Å². The maximum absolute atomic E-state index is 9.84. The van der Waals surface area contributed by atoms with E-state index in [1.54, 1.807) is 0 Å². The van der Waals surface area contributed by atoms with Gasteiger partial charge in [0.2, 0.25) is 0 Å². The van der Waals surface area contributed by atoms with Crippen LogP contribution in [0.5, 0.6) is 5.75 Å². The number of fused-ring (bicyclic) bond motifs is 1. The van der Waals surface area contributed by atoms with Gasteiger partial charge in [0.1, 0.15) is 5.75 Å². The second kappa shape index (κ2) is 4.75. The smallest absolute Gasteiger partial charge is 0.494 e. The van der Waals surface area contributed by atoms with Crippen molar-refractivity contribution in [3.05, 3.63) is 22.2 Å². The average molecular weight is 286 g/mol. The van der Waals surface area contributed by atoms with Crippen molar-refractivity contribution in [2.24, 2.45) is 5.73 Å². The lowest BCUT2D eigenvalue weighted by Crippen LogP contribution is -2.30. The summed E-state index contributed by atoms with van der Waals surface area (Å²) in [5.41, 5.74) is 7.18. The lowest BCUT2D eigenvalue weighted by molar-refractivity contribution is 0.197. The summed E-state index contributed by atoms with van der Waals surface area (Å²) in [6.07, 6.45) is -0.278. The van der Waals surface area contributed by atoms with Crippen LogP contribution in [-0.2, 0) is 4.65 Å². The molecule has 0 aliphatic carbocycles. The Morgan fingerprint density at radius 1 is 1.62 bits per heavy atom. The number of hydrogen-bond donors (Lipinski definition) is 2. The van der Waals surface area contributed by atoms with Gasteiger partial charge >= 0.3 is 7.12 Å². The molecule has 0 amide bonds. The van der Waals surface area contributed by atoms with Crippen molar-refractivity contribution in [1.29, 1.82) is 0 Å². The Morgan fingerprint density at radius 3 is 3.00 bits per heavy atom. The van der Waals surface area contributed by atoms with Crippen molar-refractivity contribution >= 4 is 28.5 Å². The number of nitrogens with two attached hydrogens (primary N) is 1. The van der Waals surface area contributed by atoms with Gasteiger partial charge in [-0.3, -0.25) is 0 Å². The van der Waals surface area contributed by atoms with Crippen LogP contribution in [0.4, 0.5) is 0 Å². The van der Waals surface area contributed by atoms with E-state index in [0.29, 0.717) is 24.4 Å². The number of halogens is 1. The van der Waals surface area contributed by atoms with Crippen LogP contribution in [0.3, 0.4) is 0 Å². The highest BCUT2D eigenvalue weighted by Crippen LogP contribution is 2.33. The van der Waals surface area contributed by atoms with Crippen LogP contribution in [0, 0.1) is 0 Å². The molecular weight excluding hydrogens is 273 g/mol. The van der Waals surface area contributed by atoms with Crippen molar-refractivity contribution in [3.63, 3.8) is 0 Å². The Balaban J connectivity index is 2.52. The van der Waals surface area contributed by atoms with E-state index in [0.717, 1.165) is 10.0 Å². The highest BCUT2D eigenvalue weighted by atomic mass is 79.9. The molecule has 0 fully saturated rings. The van der Waals surface area contributed by atoms with Gasteiger partial charge in [-0.2, -0.15) is 0 Å². The zero-order valence-electron chi connectivity index (χ0n) is 8.94. The molecule has 0 spiro atoms. The minimum atomic E-state index is -0.956. The molecule has 1 aromatic rings. The lowest BCUT2D eigenvalue weighted by Gasteiger charge is -2.12. The molecule has 0 saturated heterocycles. The Labute approximate surface area is 103 Å². The van der Waals surface area contributed by atoms with E-state index >= 15 is 0 Å². The van der Waals surface area contributed by atoms with Crippen molar-refractivity contribution in [1.82, 2.24) is 0 Å². The molecule has 0 aromatic heterocycles. The van der Waals surface area contributed by atoms with Gasteiger partial charge in [0.05, 0.1) is 12.7 Å². The molecule has 1 aliphatic rings. The predicted molar refractivity (Wildman–Crippen MR) is 65.8 cm³/mol. The number of ether oxygens (including phenoxy) is 1. The van der Waals surface area contributed by atoms with Gasteiger partial charge in [-0.05, 0) is 24.6 Å². The fourth-order valence-corrected chi connectivity index (χ4v) is 2.52. The molecule has 86 valence electrons. The molecule has 0 radical (unpaired) electrons. The van der Waals surface area contributed by atoms with Gasteiger partial charge in [-0.25, -0.2) is 0 Å². The van der Waals surface area contributed by atoms with Crippen molar-refractivity contribution in [2.75, 3.05) is 13.2 Å². The number of rotatable bonds is 3. The molecule has 1 heterocycles. The number of benzene rings is 1. The summed E-state index contributed by atoms with van der Waals surface area (Å²) in [5, 5.41) is 9.84. The largest absolute Gasteiger partial charge is 0.495 e. The van der Waals surface area contributed by atoms with Crippen LogP contribution in [0.25, 0.3) is 0 Å². The van der Waals surface area contributed by atoms with Crippen LogP contribution >= 0.6 is 15.9 Å². The number of hydrogen-bond acceptors (Lipinski definition) is 4. The molecule has 1 atom stereocenters. The molecule has 1 aliphatic heterocycles. The molecule has 6 heteroatoms. The van der Waals surface area contributed by atoms with Crippen LogP contribution in [0.1, 0.15) is 18.6 Å². The van der Waals surface area contributed by atoms with Crippen molar-refractivity contribution in [3.8, 4) is 5.75 Å². The maximum atomic E-state index is 9.84. The zero-order chi connectivity index (χ0) is 11.7. The normalized spacial score (nSPS) is 18.8. The van der Waals surface area contributed by atoms with Gasteiger partial charge in [0.15, 0.2) is 0 Å². The van der Waals surface area contributed by atoms with Crippen molar-refractivity contribution in [2.45, 2.75) is 13.0 Å². The van der Waals surface area contributed by atoms with E-state index in [9.17, 15) is 5.02 Å². The van der Waals surface area contributed by atoms with Gasteiger partial charge in [-0.15, -0.1) is 0 Å². The molecular formula is C10H13BBrNO3. The van der Waals surface area contributed by atoms with Gasteiger partial charge < -0.3 is 20.1 Å². The molecule has 1 aromatic carbocycles. The summed E-state index contributed by atoms with van der Waals surface area (Å²) in [5.74, 6) is 0.657. The van der Waals surface area contributed by atoms with Crippen molar-refractivity contribution < 1.29 is 14.4 Å². The minimum absolute atomic E-state index is 0.278. The Kier molecular flexibility index (Phi) is 3.54. The summed E-state index contributed by atoms with van der Waals surface area (Å²) < 4.78 is 11.7. The Hall–Kier alpha value is -0.555. The second-order valence-corrected chi connectivity index (χ2v) is 4.37. The van der Waals surface area contributed by atoms with Gasteiger partial charge in [0.25, 0.3) is 0 Å². The minimum Gasteiger partial charge on any atom is -0.494 e. The van der Waals surface area contributed by atoms with Crippen LogP contribution in [0.2, 0.25) is 0 Å². The Bertz CT molecular complexity index is 402. The molecule has 3 N–H and O–H groups in total. The summed E-state index contributed by atoms with van der Waals surface area (Å²) >= 11 is 3.44. The van der Waals surface area contributed by atoms with E-state index in [2.05, 4.69) is 15.9 Å². The standard InChI is InChI=1S/C10H13BBrNO3/c1-2-15-7-4-3-6(12)9-8(5-13)16-11(14)10(7)9/h3-4,8,14H,2,5,13H2,1H3. The molecule has 2 rings (SSSR count). The third kappa shape index (κ3) is 1.86. The van der Waals surface area contributed by atoms with E-state index in [4.69, 9.17) is 15.1 Å². The summed E-state index contributed by atoms with van der Waals surface area (Å²) in [6, 6.07) is 3.70. The fourth-order valence-electron chi connectivity index (χ4n) is 1.92. The summed E-state index contributed by atoms with van der Waals surface area (Å²) in [7, 11) is -0.956. The first-order valence-electron chi connectivity index (χ1n) is 5.17. The predicted octanol–water partition coefficient (Wildman–Crippen LogP) is 0.565. The monoisotopic (exact) mass is 285 g/mol. The van der Waals surface area contributed by atoms with Gasteiger partial charge in [0, 0.05) is 16.5 Å².